The van der Waals surface area contributed by atoms with Crippen LogP contribution in [-0.2, 0) is 4.79 Å². The Balaban J connectivity index is 2.61. The van der Waals surface area contributed by atoms with Crippen LogP contribution in [0.15, 0.2) is 23.1 Å². The fourth-order valence-corrected chi connectivity index (χ4v) is 2.08. The van der Waals surface area contributed by atoms with Crippen molar-refractivity contribution < 1.29 is 9.18 Å². The fourth-order valence-electron chi connectivity index (χ4n) is 1.16. The third-order valence-corrected chi connectivity index (χ3v) is 3.55. The minimum absolute atomic E-state index is 0.00802. The van der Waals surface area contributed by atoms with Crippen LogP contribution in [0.5, 0.6) is 0 Å². The standard InChI is InChI=1S/C12H17FN2OS/c1-8(2)15(3)12(16)7-17-11-6-9(13)4-5-10(11)14/h4-6,8H,7,14H2,1-3H3. The molecule has 0 radical (unpaired) electrons. The predicted octanol–water partition coefficient (Wildman–Crippen LogP) is 2.37. The number of rotatable bonds is 4. The number of halogens is 1. The van der Waals surface area contributed by atoms with E-state index in [0.29, 0.717) is 10.6 Å². The Morgan fingerprint density at radius 1 is 1.53 bits per heavy atom. The molecule has 0 bridgehead atoms. The number of nitrogens with two attached hydrogens (primary N) is 1. The lowest BCUT2D eigenvalue weighted by molar-refractivity contribution is -0.128. The van der Waals surface area contributed by atoms with Crippen molar-refractivity contribution >= 4 is 23.4 Å². The van der Waals surface area contributed by atoms with Crippen LogP contribution in [0.1, 0.15) is 13.8 Å². The molecule has 0 heterocycles. The molecule has 2 N–H and O–H groups in total. The molecule has 0 aliphatic rings. The average Bonchev–Trinajstić information content (AvgIpc) is 2.28. The van der Waals surface area contributed by atoms with Gasteiger partial charge in [0.25, 0.3) is 0 Å². The van der Waals surface area contributed by atoms with Gasteiger partial charge in [-0.25, -0.2) is 4.39 Å². The van der Waals surface area contributed by atoms with Gasteiger partial charge in [0.05, 0.1) is 5.75 Å². The molecule has 0 spiro atoms. The van der Waals surface area contributed by atoms with Crippen LogP contribution in [0.25, 0.3) is 0 Å². The first-order valence-corrected chi connectivity index (χ1v) is 6.34. The van der Waals surface area contributed by atoms with E-state index in [1.807, 2.05) is 13.8 Å². The highest BCUT2D eigenvalue weighted by Crippen LogP contribution is 2.25. The second-order valence-electron chi connectivity index (χ2n) is 4.07. The van der Waals surface area contributed by atoms with Crippen LogP contribution in [0.3, 0.4) is 0 Å². The Morgan fingerprint density at radius 3 is 2.76 bits per heavy atom. The molecule has 0 aromatic heterocycles. The van der Waals surface area contributed by atoms with Crippen LogP contribution < -0.4 is 5.73 Å². The summed E-state index contributed by atoms with van der Waals surface area (Å²) in [6.45, 7) is 3.89. The highest BCUT2D eigenvalue weighted by molar-refractivity contribution is 8.00. The second kappa shape index (κ2) is 5.91. The fraction of sp³-hybridized carbons (Fsp3) is 0.417. The second-order valence-corrected chi connectivity index (χ2v) is 5.09. The maximum Gasteiger partial charge on any atom is 0.232 e. The zero-order valence-electron chi connectivity index (χ0n) is 10.2. The molecule has 1 amide bonds. The van der Waals surface area contributed by atoms with Gasteiger partial charge in [-0.05, 0) is 32.0 Å². The maximum atomic E-state index is 13.0. The Morgan fingerprint density at radius 2 is 2.18 bits per heavy atom. The molecule has 0 saturated heterocycles. The van der Waals surface area contributed by atoms with Crippen LogP contribution in [-0.4, -0.2) is 29.6 Å². The highest BCUT2D eigenvalue weighted by atomic mass is 32.2. The third kappa shape index (κ3) is 3.93. The molecule has 0 atom stereocenters. The molecule has 17 heavy (non-hydrogen) atoms. The number of amides is 1. The first-order chi connectivity index (χ1) is 7.91. The summed E-state index contributed by atoms with van der Waals surface area (Å²) in [7, 11) is 1.75. The normalized spacial score (nSPS) is 10.6. The molecule has 0 fully saturated rings. The first kappa shape index (κ1) is 13.8. The predicted molar refractivity (Wildman–Crippen MR) is 69.4 cm³/mol. The molecule has 1 aromatic rings. The van der Waals surface area contributed by atoms with Crippen LogP contribution in [0.4, 0.5) is 10.1 Å². The van der Waals surface area contributed by atoms with Crippen molar-refractivity contribution in [1.29, 1.82) is 0 Å². The largest absolute Gasteiger partial charge is 0.398 e. The quantitative estimate of drug-likeness (QED) is 0.664. The summed E-state index contributed by atoms with van der Waals surface area (Å²) >= 11 is 1.26. The average molecular weight is 256 g/mol. The number of nitrogen functional groups attached to an aromatic ring is 1. The van der Waals surface area contributed by atoms with E-state index in [1.54, 1.807) is 11.9 Å². The van der Waals surface area contributed by atoms with E-state index in [2.05, 4.69) is 0 Å². The highest BCUT2D eigenvalue weighted by Gasteiger charge is 2.13. The van der Waals surface area contributed by atoms with Gasteiger partial charge in [0.2, 0.25) is 5.91 Å². The topological polar surface area (TPSA) is 46.3 Å². The van der Waals surface area contributed by atoms with E-state index in [0.717, 1.165) is 0 Å². The summed E-state index contributed by atoms with van der Waals surface area (Å²) in [5.41, 5.74) is 6.20. The minimum Gasteiger partial charge on any atom is -0.398 e. The maximum absolute atomic E-state index is 13.0. The molecule has 1 aromatic carbocycles. The van der Waals surface area contributed by atoms with Crippen LogP contribution in [0.2, 0.25) is 0 Å². The zero-order chi connectivity index (χ0) is 13.0. The molecule has 1 rings (SSSR count). The summed E-state index contributed by atoms with van der Waals surface area (Å²) in [6.07, 6.45) is 0. The van der Waals surface area contributed by atoms with Gasteiger partial charge in [-0.2, -0.15) is 0 Å². The van der Waals surface area contributed by atoms with Crippen LogP contribution in [0, 0.1) is 5.82 Å². The van der Waals surface area contributed by atoms with Crippen molar-refractivity contribution in [2.75, 3.05) is 18.5 Å². The van der Waals surface area contributed by atoms with E-state index in [4.69, 9.17) is 5.73 Å². The van der Waals surface area contributed by atoms with E-state index in [-0.39, 0.29) is 23.5 Å². The number of thioether (sulfide) groups is 1. The molecule has 0 saturated carbocycles. The lowest BCUT2D eigenvalue weighted by Gasteiger charge is -2.21. The monoisotopic (exact) mass is 256 g/mol. The number of benzene rings is 1. The van der Waals surface area contributed by atoms with Gasteiger partial charge in [-0.3, -0.25) is 4.79 Å². The van der Waals surface area contributed by atoms with Gasteiger partial charge >= 0.3 is 0 Å². The Hall–Kier alpha value is -1.23. The lowest BCUT2D eigenvalue weighted by Crippen LogP contribution is -2.34. The van der Waals surface area contributed by atoms with Crippen molar-refractivity contribution in [3.63, 3.8) is 0 Å². The van der Waals surface area contributed by atoms with Gasteiger partial charge in [0, 0.05) is 23.7 Å². The van der Waals surface area contributed by atoms with Crippen LogP contribution >= 0.6 is 11.8 Å². The van der Waals surface area contributed by atoms with E-state index < -0.39 is 0 Å². The number of hydrogen-bond acceptors (Lipinski definition) is 3. The number of anilines is 1. The number of carbonyl (C=O) groups excluding carboxylic acids is 1. The summed E-state index contributed by atoms with van der Waals surface area (Å²) in [5, 5.41) is 0. The van der Waals surface area contributed by atoms with E-state index in [1.165, 1.54) is 30.0 Å². The van der Waals surface area contributed by atoms with Crippen molar-refractivity contribution in [3.8, 4) is 0 Å². The zero-order valence-corrected chi connectivity index (χ0v) is 11.1. The van der Waals surface area contributed by atoms with Gasteiger partial charge < -0.3 is 10.6 Å². The van der Waals surface area contributed by atoms with E-state index in [9.17, 15) is 9.18 Å². The molecule has 0 unspecified atom stereocenters. The smallest absolute Gasteiger partial charge is 0.232 e. The van der Waals surface area contributed by atoms with E-state index >= 15 is 0 Å². The summed E-state index contributed by atoms with van der Waals surface area (Å²) < 4.78 is 13.0. The van der Waals surface area contributed by atoms with Gasteiger partial charge in [0.15, 0.2) is 0 Å². The SMILES string of the molecule is CC(C)N(C)C(=O)CSc1cc(F)ccc1N. The molecule has 3 nitrogen and oxygen atoms in total. The molecule has 0 aliphatic carbocycles. The molecular weight excluding hydrogens is 239 g/mol. The third-order valence-electron chi connectivity index (χ3n) is 2.49. The number of hydrogen-bond donors (Lipinski definition) is 1. The van der Waals surface area contributed by atoms with Crippen molar-refractivity contribution in [2.45, 2.75) is 24.8 Å². The number of nitrogens with zero attached hydrogens (tertiary/aromatic N) is 1. The lowest BCUT2D eigenvalue weighted by atomic mass is 10.3. The van der Waals surface area contributed by atoms with Crippen molar-refractivity contribution in [2.24, 2.45) is 0 Å². The van der Waals surface area contributed by atoms with Gasteiger partial charge in [-0.1, -0.05) is 0 Å². The minimum atomic E-state index is -0.341. The Labute approximate surface area is 105 Å². The summed E-state index contributed by atoms with van der Waals surface area (Å²) in [4.78, 5) is 14.0. The molecule has 0 aliphatic heterocycles. The first-order valence-electron chi connectivity index (χ1n) is 5.35. The van der Waals surface area contributed by atoms with Crippen molar-refractivity contribution in [1.82, 2.24) is 4.90 Å². The molecule has 5 heteroatoms. The Kier molecular flexibility index (Phi) is 4.81. The molecule has 94 valence electrons. The van der Waals surface area contributed by atoms with Gasteiger partial charge in [0.1, 0.15) is 5.82 Å². The van der Waals surface area contributed by atoms with Gasteiger partial charge in [-0.15, -0.1) is 11.8 Å². The number of carbonyl (C=O) groups is 1. The Bertz CT molecular complexity index is 409. The summed E-state index contributed by atoms with van der Waals surface area (Å²) in [6, 6.07) is 4.33. The summed E-state index contributed by atoms with van der Waals surface area (Å²) in [5.74, 6) is -0.0671. The van der Waals surface area contributed by atoms with Crippen molar-refractivity contribution in [3.05, 3.63) is 24.0 Å². The molecular formula is C12H17FN2OS.